The highest BCUT2D eigenvalue weighted by Gasteiger charge is 2.35. The van der Waals surface area contributed by atoms with Crippen molar-refractivity contribution in [3.63, 3.8) is 0 Å². The molecule has 65 heavy (non-hydrogen) atoms. The van der Waals surface area contributed by atoms with Gasteiger partial charge in [-0.1, -0.05) is 178 Å². The maximum Gasteiger partial charge on any atom is 0.0629 e. The van der Waals surface area contributed by atoms with Crippen LogP contribution in [0.3, 0.4) is 0 Å². The minimum Gasteiger partial charge on any atom is -0.310 e. The predicted molar refractivity (Wildman–Crippen MR) is 275 cm³/mol. The van der Waals surface area contributed by atoms with Gasteiger partial charge in [0.05, 0.1) is 17.9 Å². The average Bonchev–Trinajstić information content (AvgIpc) is 3.86. The van der Waals surface area contributed by atoms with Crippen molar-refractivity contribution in [2.75, 3.05) is 4.90 Å². The van der Waals surface area contributed by atoms with Crippen LogP contribution >= 0.6 is 0 Å². The maximum absolute atomic E-state index is 9.09. The molecule has 0 amide bonds. The summed E-state index contributed by atoms with van der Waals surface area (Å²) in [6, 6.07) is 72.9. The SMILES string of the molecule is [2H]c1c([2H])c([2H])c(-c2cc(-c3ccc(N(c4ccc(-c5ccccc5)cc4)c4ccc5c(c4)C(C)(C)c4ccccc4-5)cc3)cc(-c3cccc4c3c3ccccc3n4-c3ccccc3)c2)c([2H])c1[2H]. The van der Waals surface area contributed by atoms with Gasteiger partial charge in [0.25, 0.3) is 0 Å². The largest absolute Gasteiger partial charge is 0.310 e. The fraction of sp³-hybridized carbons (Fsp3) is 0.0476. The van der Waals surface area contributed by atoms with E-state index in [4.69, 9.17) is 6.85 Å². The third kappa shape index (κ3) is 6.57. The Morgan fingerprint density at radius 3 is 1.66 bits per heavy atom. The van der Waals surface area contributed by atoms with Gasteiger partial charge in [0.1, 0.15) is 0 Å². The molecule has 1 aliphatic rings. The van der Waals surface area contributed by atoms with Crippen LogP contribution in [0, 0.1) is 0 Å². The fourth-order valence-corrected chi connectivity index (χ4v) is 10.1. The lowest BCUT2D eigenvalue weighted by Gasteiger charge is -2.28. The maximum atomic E-state index is 9.09. The van der Waals surface area contributed by atoms with Gasteiger partial charge in [-0.2, -0.15) is 0 Å². The zero-order valence-electron chi connectivity index (χ0n) is 41.1. The lowest BCUT2D eigenvalue weighted by molar-refractivity contribution is 0.660. The van der Waals surface area contributed by atoms with E-state index in [1.807, 2.05) is 36.4 Å². The van der Waals surface area contributed by atoms with E-state index in [-0.39, 0.29) is 35.1 Å². The number of hydrogen-bond acceptors (Lipinski definition) is 1. The van der Waals surface area contributed by atoms with Crippen molar-refractivity contribution in [2.24, 2.45) is 0 Å². The number of benzene rings is 10. The lowest BCUT2D eigenvalue weighted by Crippen LogP contribution is -2.16. The molecule has 0 atom stereocenters. The molecule has 0 radical (unpaired) electrons. The van der Waals surface area contributed by atoms with Gasteiger partial charge in [-0.3, -0.25) is 0 Å². The van der Waals surface area contributed by atoms with E-state index in [2.05, 4.69) is 199 Å². The van der Waals surface area contributed by atoms with E-state index < -0.39 is 6.04 Å². The summed E-state index contributed by atoms with van der Waals surface area (Å²) in [7, 11) is 0. The molecule has 2 nitrogen and oxygen atoms in total. The van der Waals surface area contributed by atoms with Crippen molar-refractivity contribution in [1.29, 1.82) is 0 Å². The molecule has 0 unspecified atom stereocenters. The van der Waals surface area contributed by atoms with E-state index in [0.717, 1.165) is 77.9 Å². The summed E-state index contributed by atoms with van der Waals surface area (Å²) in [4.78, 5) is 2.32. The fourth-order valence-electron chi connectivity index (χ4n) is 10.1. The highest BCUT2D eigenvalue weighted by molar-refractivity contribution is 6.16. The molecule has 0 fully saturated rings. The molecular formula is C63H46N2. The zero-order valence-corrected chi connectivity index (χ0v) is 36.1. The molecule has 0 spiro atoms. The Labute approximate surface area is 388 Å². The van der Waals surface area contributed by atoms with E-state index in [9.17, 15) is 0 Å². The number of fused-ring (bicyclic) bond motifs is 6. The van der Waals surface area contributed by atoms with Crippen molar-refractivity contribution < 1.29 is 6.85 Å². The first-order valence-electron chi connectivity index (χ1n) is 24.7. The first kappa shape index (κ1) is 33.4. The van der Waals surface area contributed by atoms with E-state index >= 15 is 0 Å². The molecule has 0 saturated carbocycles. The molecule has 2 heteroatoms. The molecule has 0 N–H and O–H groups in total. The van der Waals surface area contributed by atoms with Crippen molar-refractivity contribution in [1.82, 2.24) is 4.57 Å². The molecular weight excluding hydrogens is 785 g/mol. The Morgan fingerprint density at radius 1 is 0.385 bits per heavy atom. The molecule has 1 aliphatic carbocycles. The second-order valence-electron chi connectivity index (χ2n) is 17.4. The first-order chi connectivity index (χ1) is 34.1. The first-order valence-corrected chi connectivity index (χ1v) is 22.2. The molecule has 0 saturated heterocycles. The van der Waals surface area contributed by atoms with Crippen molar-refractivity contribution >= 4 is 38.9 Å². The Balaban J connectivity index is 1.03. The van der Waals surface area contributed by atoms with Crippen molar-refractivity contribution in [3.8, 4) is 61.3 Å². The van der Waals surface area contributed by atoms with E-state index in [0.29, 0.717) is 5.56 Å². The van der Waals surface area contributed by atoms with Crippen LogP contribution in [0.4, 0.5) is 17.1 Å². The van der Waals surface area contributed by atoms with Crippen LogP contribution in [0.25, 0.3) is 83.1 Å². The molecule has 12 rings (SSSR count). The Kier molecular flexibility index (Phi) is 7.98. The number of para-hydroxylation sites is 2. The number of rotatable bonds is 8. The average molecular weight is 836 g/mol. The molecule has 1 aromatic heterocycles. The third-order valence-electron chi connectivity index (χ3n) is 13.3. The van der Waals surface area contributed by atoms with E-state index in [1.165, 1.54) is 22.3 Å². The third-order valence-corrected chi connectivity index (χ3v) is 13.3. The van der Waals surface area contributed by atoms with Gasteiger partial charge in [-0.05, 0) is 146 Å². The number of nitrogens with zero attached hydrogens (tertiary/aromatic N) is 2. The van der Waals surface area contributed by atoms with Crippen LogP contribution in [0.2, 0.25) is 0 Å². The van der Waals surface area contributed by atoms with Gasteiger partial charge in [0, 0.05) is 38.9 Å². The summed E-state index contributed by atoms with van der Waals surface area (Å²) >= 11 is 0. The molecule has 0 bridgehead atoms. The second kappa shape index (κ2) is 15.6. The quantitative estimate of drug-likeness (QED) is 0.148. The molecule has 10 aromatic carbocycles. The Morgan fingerprint density at radius 2 is 0.923 bits per heavy atom. The van der Waals surface area contributed by atoms with Crippen LogP contribution in [0.15, 0.2) is 243 Å². The minimum atomic E-state index is -0.417. The molecule has 308 valence electrons. The summed E-state index contributed by atoms with van der Waals surface area (Å²) in [6.45, 7) is 4.62. The van der Waals surface area contributed by atoms with Crippen LogP contribution in [0.5, 0.6) is 0 Å². The van der Waals surface area contributed by atoms with Crippen LogP contribution in [-0.4, -0.2) is 4.57 Å². The van der Waals surface area contributed by atoms with Gasteiger partial charge < -0.3 is 9.47 Å². The topological polar surface area (TPSA) is 8.17 Å². The van der Waals surface area contributed by atoms with Gasteiger partial charge in [0.2, 0.25) is 0 Å². The summed E-state index contributed by atoms with van der Waals surface area (Å²) in [5.74, 6) is 0. The second-order valence-corrected chi connectivity index (χ2v) is 17.4. The van der Waals surface area contributed by atoms with Gasteiger partial charge in [0.15, 0.2) is 0 Å². The van der Waals surface area contributed by atoms with Gasteiger partial charge in [-0.25, -0.2) is 0 Å². The predicted octanol–water partition coefficient (Wildman–Crippen LogP) is 17.2. The van der Waals surface area contributed by atoms with Gasteiger partial charge in [-0.15, -0.1) is 0 Å². The van der Waals surface area contributed by atoms with Crippen molar-refractivity contribution in [2.45, 2.75) is 19.3 Å². The smallest absolute Gasteiger partial charge is 0.0629 e. The summed E-state index contributed by atoms with van der Waals surface area (Å²) in [5.41, 5.74) is 17.8. The lowest BCUT2D eigenvalue weighted by atomic mass is 9.82. The highest BCUT2D eigenvalue weighted by atomic mass is 15.1. The minimum absolute atomic E-state index is 0.163. The van der Waals surface area contributed by atoms with Crippen LogP contribution in [-0.2, 0) is 5.41 Å². The molecule has 1 heterocycles. The number of anilines is 3. The Hall–Kier alpha value is -8.20. The summed E-state index contributed by atoms with van der Waals surface area (Å²) in [6.07, 6.45) is 0. The highest BCUT2D eigenvalue weighted by Crippen LogP contribution is 2.51. The van der Waals surface area contributed by atoms with Crippen LogP contribution in [0.1, 0.15) is 31.8 Å². The normalized spacial score (nSPS) is 13.7. The van der Waals surface area contributed by atoms with Crippen molar-refractivity contribution in [3.05, 3.63) is 254 Å². The molecule has 11 aromatic rings. The molecule has 0 aliphatic heterocycles. The summed E-state index contributed by atoms with van der Waals surface area (Å²) in [5, 5.41) is 2.16. The van der Waals surface area contributed by atoms with E-state index in [1.54, 1.807) is 0 Å². The summed E-state index contributed by atoms with van der Waals surface area (Å²) < 4.78 is 46.2. The Bertz CT molecular complexity index is 3810. The number of hydrogen-bond donors (Lipinski definition) is 0. The van der Waals surface area contributed by atoms with Crippen LogP contribution < -0.4 is 4.90 Å². The zero-order chi connectivity index (χ0) is 47.8. The standard InChI is InChI=1S/C63H46N2/c1-63(2)58-26-14-12-23-55(58)56-38-37-53(42-59(56)63)64(51-33-29-45(30-34-51)43-17-6-3-7-18-43)52-35-31-46(32-36-52)48-39-47(44-19-8-4-9-20-44)40-49(41-48)54-25-16-28-61-62(54)57-24-13-15-27-60(57)65(61)50-21-10-5-11-22-50/h3-42H,1-2H3/i4D,8D,9D,19D,20D. The monoisotopic (exact) mass is 835 g/mol. The number of aromatic nitrogens is 1. The van der Waals surface area contributed by atoms with Gasteiger partial charge >= 0.3 is 0 Å².